The molecule has 2 heterocycles. The van der Waals surface area contributed by atoms with Crippen LogP contribution in [0.3, 0.4) is 0 Å². The van der Waals surface area contributed by atoms with Crippen LogP contribution < -0.4 is 5.32 Å². The van der Waals surface area contributed by atoms with Crippen LogP contribution in [0.25, 0.3) is 0 Å². The van der Waals surface area contributed by atoms with Gasteiger partial charge in [0.1, 0.15) is 5.76 Å². The third kappa shape index (κ3) is 2.53. The van der Waals surface area contributed by atoms with Crippen LogP contribution in [-0.2, 0) is 6.54 Å². The van der Waals surface area contributed by atoms with Crippen molar-refractivity contribution in [3.63, 3.8) is 0 Å². The van der Waals surface area contributed by atoms with Crippen molar-refractivity contribution in [1.82, 2.24) is 5.32 Å². The minimum absolute atomic E-state index is 0.503. The van der Waals surface area contributed by atoms with Crippen molar-refractivity contribution in [1.29, 1.82) is 0 Å². The van der Waals surface area contributed by atoms with Crippen LogP contribution in [0.2, 0.25) is 0 Å². The van der Waals surface area contributed by atoms with Gasteiger partial charge in [0.15, 0.2) is 0 Å². The smallest absolute Gasteiger partial charge is 0.117 e. The Labute approximate surface area is 87.9 Å². The van der Waals surface area contributed by atoms with E-state index in [1.165, 1.54) is 0 Å². The van der Waals surface area contributed by atoms with Gasteiger partial charge >= 0.3 is 0 Å². The number of hydrogen-bond donors (Lipinski definition) is 2. The number of hydrogen-bond acceptors (Lipinski definition) is 4. The molecule has 1 aliphatic rings. The third-order valence-corrected chi connectivity index (χ3v) is 3.65. The highest BCUT2D eigenvalue weighted by molar-refractivity contribution is 7.99. The van der Waals surface area contributed by atoms with E-state index in [4.69, 9.17) is 4.42 Å². The molecule has 4 heteroatoms. The molecule has 0 aliphatic carbocycles. The van der Waals surface area contributed by atoms with Gasteiger partial charge in [-0.05, 0) is 24.3 Å². The lowest BCUT2D eigenvalue weighted by molar-refractivity contribution is 0.0670. The van der Waals surface area contributed by atoms with Gasteiger partial charge in [-0.3, -0.25) is 0 Å². The molecule has 1 aromatic heterocycles. The molecule has 1 fully saturated rings. The van der Waals surface area contributed by atoms with Crippen LogP contribution in [0.5, 0.6) is 0 Å². The molecule has 0 radical (unpaired) electrons. The van der Waals surface area contributed by atoms with Crippen molar-refractivity contribution in [3.8, 4) is 0 Å². The van der Waals surface area contributed by atoms with E-state index in [0.29, 0.717) is 13.1 Å². The maximum atomic E-state index is 10.0. The zero-order valence-electron chi connectivity index (χ0n) is 8.03. The molecule has 0 spiro atoms. The van der Waals surface area contributed by atoms with Gasteiger partial charge in [-0.1, -0.05) is 0 Å². The predicted molar refractivity (Wildman–Crippen MR) is 57.3 cm³/mol. The summed E-state index contributed by atoms with van der Waals surface area (Å²) in [5.41, 5.74) is -0.503. The van der Waals surface area contributed by atoms with E-state index in [1.54, 1.807) is 6.26 Å². The van der Waals surface area contributed by atoms with Crippen LogP contribution in [0.15, 0.2) is 22.8 Å². The van der Waals surface area contributed by atoms with E-state index >= 15 is 0 Å². The molecule has 2 rings (SSSR count). The lowest BCUT2D eigenvalue weighted by Gasteiger charge is -2.21. The second-order valence-corrected chi connectivity index (χ2v) is 4.82. The van der Waals surface area contributed by atoms with Crippen molar-refractivity contribution < 1.29 is 9.52 Å². The first kappa shape index (κ1) is 10.1. The van der Waals surface area contributed by atoms with E-state index in [1.807, 2.05) is 23.9 Å². The van der Waals surface area contributed by atoms with Gasteiger partial charge in [-0.25, -0.2) is 0 Å². The molecular formula is C10H15NO2S. The quantitative estimate of drug-likeness (QED) is 0.790. The largest absolute Gasteiger partial charge is 0.468 e. The molecule has 1 saturated heterocycles. The number of aliphatic hydroxyl groups is 1. The summed E-state index contributed by atoms with van der Waals surface area (Å²) in [6.07, 6.45) is 2.56. The maximum absolute atomic E-state index is 10.0. The second kappa shape index (κ2) is 4.38. The standard InChI is InChI=1S/C10H15NO2S/c12-10(3-5-14-8-10)7-11-6-9-2-1-4-13-9/h1-2,4,11-12H,3,5-8H2. The van der Waals surface area contributed by atoms with Gasteiger partial charge in [-0.2, -0.15) is 11.8 Å². The first-order chi connectivity index (χ1) is 6.79. The zero-order chi connectivity index (χ0) is 9.86. The second-order valence-electron chi connectivity index (χ2n) is 3.71. The Bertz CT molecular complexity index is 268. The number of furan rings is 1. The summed E-state index contributed by atoms with van der Waals surface area (Å²) in [6.45, 7) is 1.35. The van der Waals surface area contributed by atoms with Crippen molar-refractivity contribution in [3.05, 3.63) is 24.2 Å². The number of thioether (sulfide) groups is 1. The lowest BCUT2D eigenvalue weighted by Crippen LogP contribution is -2.40. The van der Waals surface area contributed by atoms with Gasteiger partial charge in [-0.15, -0.1) is 0 Å². The Kier molecular flexibility index (Phi) is 3.15. The van der Waals surface area contributed by atoms with E-state index in [-0.39, 0.29) is 0 Å². The molecule has 78 valence electrons. The number of nitrogens with one attached hydrogen (secondary N) is 1. The Balaban J connectivity index is 1.72. The molecule has 0 aromatic carbocycles. The molecule has 0 saturated carbocycles. The summed E-state index contributed by atoms with van der Waals surface area (Å²) < 4.78 is 5.18. The van der Waals surface area contributed by atoms with Crippen molar-refractivity contribution >= 4 is 11.8 Å². The molecular weight excluding hydrogens is 198 g/mol. The van der Waals surface area contributed by atoms with Crippen molar-refractivity contribution in [2.24, 2.45) is 0 Å². The Morgan fingerprint density at radius 3 is 3.21 bits per heavy atom. The van der Waals surface area contributed by atoms with Crippen molar-refractivity contribution in [2.45, 2.75) is 18.6 Å². The molecule has 0 bridgehead atoms. The summed E-state index contributed by atoms with van der Waals surface area (Å²) in [5.74, 6) is 2.83. The van der Waals surface area contributed by atoms with E-state index in [9.17, 15) is 5.11 Å². The normalized spacial score (nSPS) is 26.9. The highest BCUT2D eigenvalue weighted by atomic mass is 32.2. The highest BCUT2D eigenvalue weighted by Crippen LogP contribution is 2.26. The molecule has 3 nitrogen and oxygen atoms in total. The molecule has 1 aromatic rings. The van der Waals surface area contributed by atoms with Crippen LogP contribution >= 0.6 is 11.8 Å². The molecule has 1 atom stereocenters. The summed E-state index contributed by atoms with van der Waals surface area (Å²) in [7, 11) is 0. The zero-order valence-corrected chi connectivity index (χ0v) is 8.85. The Hall–Kier alpha value is -0.450. The molecule has 1 aliphatic heterocycles. The topological polar surface area (TPSA) is 45.4 Å². The van der Waals surface area contributed by atoms with Gasteiger partial charge < -0.3 is 14.8 Å². The minimum Gasteiger partial charge on any atom is -0.468 e. The average molecular weight is 213 g/mol. The summed E-state index contributed by atoms with van der Waals surface area (Å²) in [4.78, 5) is 0. The summed E-state index contributed by atoms with van der Waals surface area (Å²) >= 11 is 1.82. The first-order valence-corrected chi connectivity index (χ1v) is 5.97. The fourth-order valence-electron chi connectivity index (χ4n) is 1.57. The highest BCUT2D eigenvalue weighted by Gasteiger charge is 2.30. The van der Waals surface area contributed by atoms with Crippen LogP contribution in [-0.4, -0.2) is 28.8 Å². The summed E-state index contributed by atoms with van der Waals surface area (Å²) in [5, 5.41) is 13.2. The van der Waals surface area contributed by atoms with Crippen LogP contribution in [0, 0.1) is 0 Å². The molecule has 1 unspecified atom stereocenters. The van der Waals surface area contributed by atoms with E-state index < -0.39 is 5.60 Å². The maximum Gasteiger partial charge on any atom is 0.117 e. The first-order valence-electron chi connectivity index (χ1n) is 4.82. The fraction of sp³-hybridized carbons (Fsp3) is 0.600. The molecule has 0 amide bonds. The monoisotopic (exact) mass is 213 g/mol. The number of rotatable bonds is 4. The van der Waals surface area contributed by atoms with Gasteiger partial charge in [0.05, 0.1) is 18.4 Å². The average Bonchev–Trinajstić information content (AvgIpc) is 2.77. The summed E-state index contributed by atoms with van der Waals surface area (Å²) in [6, 6.07) is 3.80. The third-order valence-electron chi connectivity index (χ3n) is 2.42. The van der Waals surface area contributed by atoms with E-state index in [0.717, 1.165) is 23.7 Å². The molecule has 2 N–H and O–H groups in total. The van der Waals surface area contributed by atoms with Gasteiger partial charge in [0, 0.05) is 12.3 Å². The van der Waals surface area contributed by atoms with Gasteiger partial charge in [0.25, 0.3) is 0 Å². The fourth-order valence-corrected chi connectivity index (χ4v) is 2.86. The molecule has 14 heavy (non-hydrogen) atoms. The van der Waals surface area contributed by atoms with E-state index in [2.05, 4.69) is 5.32 Å². The minimum atomic E-state index is -0.503. The van der Waals surface area contributed by atoms with Crippen LogP contribution in [0.1, 0.15) is 12.2 Å². The van der Waals surface area contributed by atoms with Gasteiger partial charge in [0.2, 0.25) is 0 Å². The Morgan fingerprint density at radius 1 is 1.64 bits per heavy atom. The van der Waals surface area contributed by atoms with Crippen LogP contribution in [0.4, 0.5) is 0 Å². The lowest BCUT2D eigenvalue weighted by atomic mass is 10.0. The predicted octanol–water partition coefficient (Wildman–Crippen LogP) is 1.24. The SMILES string of the molecule is OC1(CNCc2ccco2)CCSC1. The van der Waals surface area contributed by atoms with Crippen molar-refractivity contribution in [2.75, 3.05) is 18.1 Å². The Morgan fingerprint density at radius 2 is 2.57 bits per heavy atom.